The first-order chi connectivity index (χ1) is 12.3. The summed E-state index contributed by atoms with van der Waals surface area (Å²) in [5.41, 5.74) is 0. The fourth-order valence-corrected chi connectivity index (χ4v) is 3.51. The Hall–Kier alpha value is -0.270. The van der Waals surface area contributed by atoms with Crippen molar-refractivity contribution in [1.29, 1.82) is 0 Å². The first-order valence-electron chi connectivity index (χ1n) is 11.3. The highest BCUT2D eigenvalue weighted by Gasteiger charge is 2.00. The van der Waals surface area contributed by atoms with Gasteiger partial charge in [-0.15, -0.1) is 25.6 Å². The lowest BCUT2D eigenvalue weighted by Crippen LogP contribution is -2.24. The molecule has 0 unspecified atom stereocenters. The van der Waals surface area contributed by atoms with Crippen molar-refractivity contribution in [3.05, 3.63) is 25.3 Å². The monoisotopic (exact) mass is 385 g/mol. The van der Waals surface area contributed by atoms with Gasteiger partial charge >= 0.3 is 0 Å². The first-order valence-corrected chi connectivity index (χ1v) is 11.3. The van der Waals surface area contributed by atoms with Crippen molar-refractivity contribution >= 4 is 12.4 Å². The number of halogens is 1. The van der Waals surface area contributed by atoms with Gasteiger partial charge in [0.2, 0.25) is 0 Å². The first kappa shape index (κ1) is 27.9. The maximum atomic E-state index is 3.83. The van der Waals surface area contributed by atoms with Gasteiger partial charge in [0.05, 0.1) is 0 Å². The van der Waals surface area contributed by atoms with E-state index in [-0.39, 0.29) is 12.4 Å². The van der Waals surface area contributed by atoms with Gasteiger partial charge in [-0.05, 0) is 13.0 Å². The second-order valence-electron chi connectivity index (χ2n) is 7.64. The molecule has 0 N–H and O–H groups in total. The molecule has 26 heavy (non-hydrogen) atoms. The van der Waals surface area contributed by atoms with E-state index in [0.29, 0.717) is 0 Å². The van der Waals surface area contributed by atoms with E-state index in [9.17, 15) is 0 Å². The van der Waals surface area contributed by atoms with E-state index in [0.717, 1.165) is 13.1 Å². The average Bonchev–Trinajstić information content (AvgIpc) is 2.61. The molecule has 0 fully saturated rings. The lowest BCUT2D eigenvalue weighted by molar-refractivity contribution is 0.324. The summed E-state index contributed by atoms with van der Waals surface area (Å²) in [4.78, 5) is 2.42. The fourth-order valence-electron chi connectivity index (χ4n) is 3.51. The van der Waals surface area contributed by atoms with Gasteiger partial charge in [0, 0.05) is 13.1 Å². The summed E-state index contributed by atoms with van der Waals surface area (Å²) in [6.45, 7) is 13.1. The summed E-state index contributed by atoms with van der Waals surface area (Å²) in [6, 6.07) is 0. The van der Waals surface area contributed by atoms with Crippen LogP contribution in [0.2, 0.25) is 0 Å². The van der Waals surface area contributed by atoms with E-state index < -0.39 is 0 Å². The zero-order valence-electron chi connectivity index (χ0n) is 17.9. The summed E-state index contributed by atoms with van der Waals surface area (Å²) in [7, 11) is 0. The van der Waals surface area contributed by atoms with E-state index in [4.69, 9.17) is 0 Å². The predicted molar refractivity (Wildman–Crippen MR) is 124 cm³/mol. The van der Waals surface area contributed by atoms with Crippen LogP contribution in [-0.2, 0) is 0 Å². The van der Waals surface area contributed by atoms with Crippen LogP contribution in [-0.4, -0.2) is 24.5 Å². The van der Waals surface area contributed by atoms with Gasteiger partial charge in [-0.1, -0.05) is 115 Å². The van der Waals surface area contributed by atoms with E-state index in [1.54, 1.807) is 0 Å². The van der Waals surface area contributed by atoms with Gasteiger partial charge in [0.15, 0.2) is 0 Å². The molecule has 0 aromatic heterocycles. The summed E-state index contributed by atoms with van der Waals surface area (Å²) >= 11 is 0. The largest absolute Gasteiger partial charge is 0.296 e. The minimum Gasteiger partial charge on any atom is -0.296 e. The SMILES string of the molecule is C=CCN(CC=C)CCCCCCCCCCCCCCCCCC.Cl. The molecule has 0 radical (unpaired) electrons. The van der Waals surface area contributed by atoms with Gasteiger partial charge in [-0.3, -0.25) is 4.90 Å². The van der Waals surface area contributed by atoms with Crippen molar-refractivity contribution in [3.8, 4) is 0 Å². The van der Waals surface area contributed by atoms with Crippen molar-refractivity contribution in [2.75, 3.05) is 19.6 Å². The number of nitrogens with zero attached hydrogens (tertiary/aromatic N) is 1. The van der Waals surface area contributed by atoms with Gasteiger partial charge in [0.1, 0.15) is 0 Å². The molecule has 1 nitrogen and oxygen atoms in total. The van der Waals surface area contributed by atoms with E-state index in [2.05, 4.69) is 25.0 Å². The van der Waals surface area contributed by atoms with Crippen LogP contribution in [0.5, 0.6) is 0 Å². The molecule has 0 saturated heterocycles. The molecule has 0 amide bonds. The van der Waals surface area contributed by atoms with Crippen LogP contribution >= 0.6 is 12.4 Å². The smallest absolute Gasteiger partial charge is 0.0163 e. The molecule has 0 bridgehead atoms. The maximum Gasteiger partial charge on any atom is 0.0163 e. The third kappa shape index (κ3) is 21.8. The zero-order valence-corrected chi connectivity index (χ0v) is 18.7. The van der Waals surface area contributed by atoms with Crippen molar-refractivity contribution in [3.63, 3.8) is 0 Å². The average molecular weight is 386 g/mol. The Morgan fingerprint density at radius 3 is 1.15 bits per heavy atom. The van der Waals surface area contributed by atoms with Gasteiger partial charge < -0.3 is 0 Å². The molecule has 0 aromatic rings. The molecular weight excluding hydrogens is 338 g/mol. The predicted octanol–water partition coefficient (Wildman–Crippen LogP) is 8.34. The summed E-state index contributed by atoms with van der Waals surface area (Å²) in [5, 5.41) is 0. The molecule has 0 aliphatic heterocycles. The maximum absolute atomic E-state index is 3.83. The highest BCUT2D eigenvalue weighted by molar-refractivity contribution is 5.85. The molecule has 2 heteroatoms. The lowest BCUT2D eigenvalue weighted by Gasteiger charge is -2.18. The van der Waals surface area contributed by atoms with Crippen LogP contribution < -0.4 is 0 Å². The van der Waals surface area contributed by atoms with Crippen LogP contribution in [0.25, 0.3) is 0 Å². The number of rotatable bonds is 21. The molecule has 0 spiro atoms. The fraction of sp³-hybridized carbons (Fsp3) is 0.833. The quantitative estimate of drug-likeness (QED) is 0.142. The van der Waals surface area contributed by atoms with Gasteiger partial charge in [-0.2, -0.15) is 0 Å². The molecule has 0 atom stereocenters. The molecule has 0 aliphatic carbocycles. The molecule has 0 saturated carbocycles. The van der Waals surface area contributed by atoms with Gasteiger partial charge in [0.25, 0.3) is 0 Å². The number of unbranched alkanes of at least 4 members (excludes halogenated alkanes) is 15. The summed E-state index contributed by atoms with van der Waals surface area (Å²) in [5.74, 6) is 0. The van der Waals surface area contributed by atoms with Crippen molar-refractivity contribution in [2.45, 2.75) is 110 Å². The number of hydrogen-bond acceptors (Lipinski definition) is 1. The van der Waals surface area contributed by atoms with Crippen LogP contribution in [0.3, 0.4) is 0 Å². The second kappa shape index (κ2) is 24.7. The van der Waals surface area contributed by atoms with Crippen LogP contribution in [0.1, 0.15) is 110 Å². The Balaban J connectivity index is 0. The highest BCUT2D eigenvalue weighted by Crippen LogP contribution is 2.13. The molecule has 0 aromatic carbocycles. The Kier molecular flexibility index (Phi) is 26.6. The second-order valence-corrected chi connectivity index (χ2v) is 7.64. The number of hydrogen-bond donors (Lipinski definition) is 0. The molecule has 156 valence electrons. The standard InChI is InChI=1S/C24H47N.ClH/c1-4-7-8-9-10-11-12-13-14-15-16-17-18-19-20-21-24-25(22-5-2)23-6-3;/h5-6H,2-4,7-24H2,1H3;1H. The lowest BCUT2D eigenvalue weighted by atomic mass is 10.0. The Morgan fingerprint density at radius 1 is 0.538 bits per heavy atom. The zero-order chi connectivity index (χ0) is 18.4. The minimum absolute atomic E-state index is 0. The van der Waals surface area contributed by atoms with E-state index >= 15 is 0 Å². The van der Waals surface area contributed by atoms with Crippen molar-refractivity contribution in [2.24, 2.45) is 0 Å². The highest BCUT2D eigenvalue weighted by atomic mass is 35.5. The Morgan fingerprint density at radius 2 is 0.846 bits per heavy atom. The van der Waals surface area contributed by atoms with Crippen molar-refractivity contribution < 1.29 is 0 Å². The van der Waals surface area contributed by atoms with Crippen molar-refractivity contribution in [1.82, 2.24) is 4.90 Å². The Labute approximate surface area is 172 Å². The molecule has 0 aliphatic rings. The van der Waals surface area contributed by atoms with Crippen LogP contribution in [0.4, 0.5) is 0 Å². The minimum atomic E-state index is 0. The van der Waals surface area contributed by atoms with Crippen LogP contribution in [0, 0.1) is 0 Å². The Bertz CT molecular complexity index is 267. The third-order valence-corrected chi connectivity index (χ3v) is 5.10. The van der Waals surface area contributed by atoms with Gasteiger partial charge in [-0.25, -0.2) is 0 Å². The third-order valence-electron chi connectivity index (χ3n) is 5.10. The molecule has 0 heterocycles. The van der Waals surface area contributed by atoms with E-state index in [1.807, 2.05) is 12.2 Å². The topological polar surface area (TPSA) is 3.24 Å². The molecule has 0 rings (SSSR count). The van der Waals surface area contributed by atoms with E-state index in [1.165, 1.54) is 109 Å². The normalized spacial score (nSPS) is 10.7. The molecular formula is C24H48ClN. The summed E-state index contributed by atoms with van der Waals surface area (Å²) < 4.78 is 0. The van der Waals surface area contributed by atoms with Crippen LogP contribution in [0.15, 0.2) is 25.3 Å². The summed E-state index contributed by atoms with van der Waals surface area (Å²) in [6.07, 6.45) is 27.0.